The number of rotatable bonds is 14. The predicted octanol–water partition coefficient (Wildman–Crippen LogP) is -0.111. The maximum atomic E-state index is 12.7. The van der Waals surface area contributed by atoms with Gasteiger partial charge in [0.05, 0.1) is 26.2 Å². The van der Waals surface area contributed by atoms with Gasteiger partial charge in [0, 0.05) is 42.3 Å². The molecule has 0 unspecified atom stereocenters. The van der Waals surface area contributed by atoms with Gasteiger partial charge in [0.2, 0.25) is 29.5 Å². The Kier molecular flexibility index (Phi) is 15.0. The molecule has 0 aromatic heterocycles. The highest BCUT2D eigenvalue weighted by molar-refractivity contribution is 5.91. The van der Waals surface area contributed by atoms with Crippen LogP contribution in [0.4, 0.5) is 4.79 Å². The first-order valence-electron chi connectivity index (χ1n) is 14.1. The van der Waals surface area contributed by atoms with Crippen LogP contribution in [0.3, 0.4) is 0 Å². The molecule has 0 spiro atoms. The fraction of sp³-hybridized carbons (Fsp3) is 0.567. The largest absolute Gasteiger partial charge is 0.459 e. The Morgan fingerprint density at radius 1 is 0.533 bits per heavy atom. The summed E-state index contributed by atoms with van der Waals surface area (Å²) in [7, 11) is 8.36. The SMILES string of the molecule is CN(CC(=O)OCc1ccccc1)C(=O)CN(C)C(=O)CN(C)C(=O)CN(C)C(=O)CN(C)C(=O)CN(C)C(=O)OC(C)(C)C. The molecule has 1 aromatic rings. The lowest BCUT2D eigenvalue weighted by atomic mass is 10.2. The van der Waals surface area contributed by atoms with E-state index < -0.39 is 47.2 Å². The van der Waals surface area contributed by atoms with Crippen LogP contribution < -0.4 is 0 Å². The number of benzene rings is 1. The Bertz CT molecular complexity index is 1220. The zero-order chi connectivity index (χ0) is 34.5. The first-order chi connectivity index (χ1) is 20.8. The van der Waals surface area contributed by atoms with Gasteiger partial charge in [-0.15, -0.1) is 0 Å². The summed E-state index contributed by atoms with van der Waals surface area (Å²) >= 11 is 0. The molecular weight excluding hydrogens is 588 g/mol. The maximum absolute atomic E-state index is 12.7. The Hall–Kier alpha value is -4.69. The standard InChI is InChI=1S/C30H46N6O9/c1-30(2,3)45-29(43)36(9)19-27(41)34(7)17-25(39)32(5)15-23(37)31(4)16-24(38)33(6)18-26(40)35(8)20-28(42)44-21-22-13-11-10-12-14-22/h10-14H,15-21H2,1-9H3. The summed E-state index contributed by atoms with van der Waals surface area (Å²) in [5.41, 5.74) is 0.0783. The number of likely N-dealkylation sites (N-methyl/N-ethyl adjacent to an activating group) is 6. The van der Waals surface area contributed by atoms with Crippen LogP contribution in [0.1, 0.15) is 26.3 Å². The molecule has 250 valence electrons. The number of hydrogen-bond donors (Lipinski definition) is 0. The highest BCUT2D eigenvalue weighted by Gasteiger charge is 2.25. The Morgan fingerprint density at radius 3 is 1.22 bits per heavy atom. The number of nitrogens with zero attached hydrogens (tertiary/aromatic N) is 6. The number of carbonyl (C=O) groups excluding carboxylic acids is 7. The molecule has 45 heavy (non-hydrogen) atoms. The monoisotopic (exact) mass is 634 g/mol. The van der Waals surface area contributed by atoms with Crippen molar-refractivity contribution in [2.75, 3.05) is 81.6 Å². The van der Waals surface area contributed by atoms with Crippen molar-refractivity contribution in [1.29, 1.82) is 0 Å². The normalized spacial score (nSPS) is 10.7. The molecule has 0 bridgehead atoms. The summed E-state index contributed by atoms with van der Waals surface area (Å²) in [4.78, 5) is 93.9. The minimum Gasteiger partial charge on any atom is -0.459 e. The third kappa shape index (κ3) is 14.6. The molecular formula is C30H46N6O9. The smallest absolute Gasteiger partial charge is 0.410 e. The minimum atomic E-state index is -0.729. The second-order valence-electron chi connectivity index (χ2n) is 11.7. The minimum absolute atomic E-state index is 0.0729. The van der Waals surface area contributed by atoms with E-state index in [-0.39, 0.29) is 45.9 Å². The van der Waals surface area contributed by atoms with E-state index >= 15 is 0 Å². The molecule has 0 N–H and O–H groups in total. The molecule has 15 nitrogen and oxygen atoms in total. The van der Waals surface area contributed by atoms with E-state index in [9.17, 15) is 33.6 Å². The Labute approximate surface area is 264 Å². The van der Waals surface area contributed by atoms with Gasteiger partial charge in [0.15, 0.2) is 0 Å². The fourth-order valence-corrected chi connectivity index (χ4v) is 3.44. The van der Waals surface area contributed by atoms with E-state index in [4.69, 9.17) is 9.47 Å². The third-order valence-electron chi connectivity index (χ3n) is 6.31. The van der Waals surface area contributed by atoms with Crippen molar-refractivity contribution >= 4 is 41.6 Å². The fourth-order valence-electron chi connectivity index (χ4n) is 3.44. The van der Waals surface area contributed by atoms with Crippen LogP contribution in [0, 0.1) is 0 Å². The number of hydrogen-bond acceptors (Lipinski definition) is 9. The van der Waals surface area contributed by atoms with Crippen molar-refractivity contribution < 1.29 is 43.0 Å². The molecule has 6 amide bonds. The second kappa shape index (κ2) is 17.6. The quantitative estimate of drug-likeness (QED) is 0.255. The van der Waals surface area contributed by atoms with Crippen LogP contribution in [-0.4, -0.2) is 158 Å². The summed E-state index contributed by atoms with van der Waals surface area (Å²) in [5, 5.41) is 0. The van der Waals surface area contributed by atoms with Gasteiger partial charge in [0.25, 0.3) is 0 Å². The topological polar surface area (TPSA) is 157 Å². The molecule has 0 atom stereocenters. The second-order valence-corrected chi connectivity index (χ2v) is 11.7. The third-order valence-corrected chi connectivity index (χ3v) is 6.31. The molecule has 0 aliphatic carbocycles. The average Bonchev–Trinajstić information content (AvgIpc) is 2.95. The first-order valence-corrected chi connectivity index (χ1v) is 14.1. The van der Waals surface area contributed by atoms with Crippen LogP contribution in [0.2, 0.25) is 0 Å². The Balaban J connectivity index is 2.48. The molecule has 0 radical (unpaired) electrons. The molecule has 0 fully saturated rings. The number of carbonyl (C=O) groups is 7. The van der Waals surface area contributed by atoms with E-state index in [2.05, 4.69) is 0 Å². The van der Waals surface area contributed by atoms with E-state index in [1.807, 2.05) is 18.2 Å². The van der Waals surface area contributed by atoms with Crippen LogP contribution >= 0.6 is 0 Å². The van der Waals surface area contributed by atoms with Gasteiger partial charge in [-0.1, -0.05) is 30.3 Å². The summed E-state index contributed by atoms with van der Waals surface area (Å²) in [6, 6.07) is 9.08. The van der Waals surface area contributed by atoms with Crippen molar-refractivity contribution in [1.82, 2.24) is 29.4 Å². The van der Waals surface area contributed by atoms with Crippen LogP contribution in [0.15, 0.2) is 30.3 Å². The Morgan fingerprint density at radius 2 is 0.867 bits per heavy atom. The molecule has 0 aliphatic heterocycles. The van der Waals surface area contributed by atoms with Crippen molar-refractivity contribution in [2.45, 2.75) is 33.0 Å². The summed E-state index contributed by atoms with van der Waals surface area (Å²) in [5.74, 6) is -3.23. The zero-order valence-electron chi connectivity index (χ0n) is 27.7. The molecule has 0 saturated heterocycles. The average molecular weight is 635 g/mol. The van der Waals surface area contributed by atoms with Gasteiger partial charge < -0.3 is 38.9 Å². The van der Waals surface area contributed by atoms with Crippen LogP contribution in [0.5, 0.6) is 0 Å². The van der Waals surface area contributed by atoms with Gasteiger partial charge in [-0.2, -0.15) is 0 Å². The lowest BCUT2D eigenvalue weighted by molar-refractivity contribution is -0.150. The van der Waals surface area contributed by atoms with Crippen molar-refractivity contribution in [3.63, 3.8) is 0 Å². The highest BCUT2D eigenvalue weighted by Crippen LogP contribution is 2.09. The lowest BCUT2D eigenvalue weighted by Gasteiger charge is -2.27. The maximum Gasteiger partial charge on any atom is 0.410 e. The highest BCUT2D eigenvalue weighted by atomic mass is 16.6. The molecule has 0 aliphatic rings. The number of ether oxygens (including phenoxy) is 2. The van der Waals surface area contributed by atoms with Crippen molar-refractivity contribution in [3.8, 4) is 0 Å². The summed E-state index contributed by atoms with van der Waals surface area (Å²) in [6.07, 6.45) is -0.683. The van der Waals surface area contributed by atoms with Crippen molar-refractivity contribution in [2.24, 2.45) is 0 Å². The van der Waals surface area contributed by atoms with E-state index in [1.165, 1.54) is 42.3 Å². The van der Waals surface area contributed by atoms with Gasteiger partial charge in [-0.3, -0.25) is 28.8 Å². The molecule has 0 saturated carbocycles. The molecule has 15 heteroatoms. The van der Waals surface area contributed by atoms with Crippen LogP contribution in [0.25, 0.3) is 0 Å². The zero-order valence-corrected chi connectivity index (χ0v) is 27.7. The van der Waals surface area contributed by atoms with E-state index in [1.54, 1.807) is 32.9 Å². The number of esters is 1. The molecule has 1 rings (SSSR count). The molecule has 0 heterocycles. The first kappa shape index (κ1) is 38.3. The lowest BCUT2D eigenvalue weighted by Crippen LogP contribution is -2.48. The van der Waals surface area contributed by atoms with Gasteiger partial charge in [-0.25, -0.2) is 4.79 Å². The van der Waals surface area contributed by atoms with Gasteiger partial charge >= 0.3 is 12.1 Å². The van der Waals surface area contributed by atoms with Gasteiger partial charge in [0.1, 0.15) is 25.3 Å². The van der Waals surface area contributed by atoms with Crippen molar-refractivity contribution in [3.05, 3.63) is 35.9 Å². The van der Waals surface area contributed by atoms with E-state index in [0.717, 1.165) is 35.0 Å². The van der Waals surface area contributed by atoms with Gasteiger partial charge in [-0.05, 0) is 26.3 Å². The number of amides is 6. The predicted molar refractivity (Wildman–Crippen MR) is 163 cm³/mol. The molecule has 1 aromatic carbocycles. The summed E-state index contributed by atoms with van der Waals surface area (Å²) in [6.45, 7) is 3.17. The summed E-state index contributed by atoms with van der Waals surface area (Å²) < 4.78 is 10.4. The van der Waals surface area contributed by atoms with Crippen LogP contribution in [-0.2, 0) is 44.8 Å². The van der Waals surface area contributed by atoms with E-state index in [0.29, 0.717) is 0 Å².